The number of ether oxygens (including phenoxy) is 1. The maximum atomic E-state index is 12.1. The molecule has 1 saturated carbocycles. The minimum atomic E-state index is -0.342. The van der Waals surface area contributed by atoms with Crippen molar-refractivity contribution >= 4 is 17.6 Å². The topological polar surface area (TPSA) is 79.5 Å². The van der Waals surface area contributed by atoms with Crippen LogP contribution in [0.4, 0.5) is 10.5 Å². The van der Waals surface area contributed by atoms with E-state index in [2.05, 4.69) is 16.0 Å². The van der Waals surface area contributed by atoms with Crippen LogP contribution in [0.5, 0.6) is 5.75 Å². The number of hydrogen-bond donors (Lipinski definition) is 3. The molecule has 1 aliphatic rings. The summed E-state index contributed by atoms with van der Waals surface area (Å²) in [5.41, 5.74) is 1.99. The van der Waals surface area contributed by atoms with Crippen LogP contribution < -0.4 is 20.7 Å². The average Bonchev–Trinajstić information content (AvgIpc) is 3.44. The van der Waals surface area contributed by atoms with Gasteiger partial charge in [0.25, 0.3) is 5.91 Å². The molecule has 0 spiro atoms. The van der Waals surface area contributed by atoms with Crippen molar-refractivity contribution in [3.05, 3.63) is 59.7 Å². The molecule has 3 rings (SSSR count). The largest absolute Gasteiger partial charge is 0.496 e. The molecular formula is C19H21N3O3. The van der Waals surface area contributed by atoms with E-state index in [1.54, 1.807) is 31.4 Å². The number of rotatable bonds is 6. The maximum Gasteiger partial charge on any atom is 0.319 e. The molecule has 3 amide bonds. The highest BCUT2D eigenvalue weighted by molar-refractivity contribution is 5.97. The lowest BCUT2D eigenvalue weighted by Crippen LogP contribution is -2.29. The van der Waals surface area contributed by atoms with Crippen LogP contribution in [0.2, 0.25) is 0 Å². The van der Waals surface area contributed by atoms with E-state index in [1.807, 2.05) is 24.3 Å². The van der Waals surface area contributed by atoms with Crippen LogP contribution in [0.1, 0.15) is 28.8 Å². The molecule has 0 heterocycles. The summed E-state index contributed by atoms with van der Waals surface area (Å²) in [6, 6.07) is 14.3. The van der Waals surface area contributed by atoms with Crippen molar-refractivity contribution < 1.29 is 14.3 Å². The van der Waals surface area contributed by atoms with Gasteiger partial charge in [0.15, 0.2) is 0 Å². The first-order valence-electron chi connectivity index (χ1n) is 8.23. The quantitative estimate of drug-likeness (QED) is 0.757. The van der Waals surface area contributed by atoms with Crippen molar-refractivity contribution in [2.75, 3.05) is 12.4 Å². The molecule has 0 radical (unpaired) electrons. The first-order valence-corrected chi connectivity index (χ1v) is 8.23. The Bertz CT molecular complexity index is 772. The molecule has 1 fully saturated rings. The van der Waals surface area contributed by atoms with E-state index in [4.69, 9.17) is 4.74 Å². The fourth-order valence-electron chi connectivity index (χ4n) is 2.43. The minimum absolute atomic E-state index is 0.111. The summed E-state index contributed by atoms with van der Waals surface area (Å²) in [6.45, 7) is 0.345. The van der Waals surface area contributed by atoms with Gasteiger partial charge in [0.1, 0.15) is 5.75 Å². The van der Waals surface area contributed by atoms with E-state index in [-0.39, 0.29) is 11.9 Å². The smallest absolute Gasteiger partial charge is 0.319 e. The zero-order valence-corrected chi connectivity index (χ0v) is 14.0. The Morgan fingerprint density at radius 1 is 1.12 bits per heavy atom. The number of carbonyl (C=O) groups is 2. The first-order chi connectivity index (χ1) is 12.2. The molecule has 6 nitrogen and oxygen atoms in total. The lowest BCUT2D eigenvalue weighted by Gasteiger charge is -2.11. The summed E-state index contributed by atoms with van der Waals surface area (Å²) < 4.78 is 5.26. The van der Waals surface area contributed by atoms with Gasteiger partial charge in [-0.25, -0.2) is 4.79 Å². The molecule has 0 aliphatic heterocycles. The summed E-state index contributed by atoms with van der Waals surface area (Å²) in [7, 11) is 1.59. The second-order valence-electron chi connectivity index (χ2n) is 5.95. The summed E-state index contributed by atoms with van der Waals surface area (Å²) in [6.07, 6.45) is 2.07. The van der Waals surface area contributed by atoms with E-state index < -0.39 is 0 Å². The number of anilines is 1. The number of urea groups is 1. The van der Waals surface area contributed by atoms with Gasteiger partial charge >= 0.3 is 6.03 Å². The van der Waals surface area contributed by atoms with Gasteiger partial charge in [-0.15, -0.1) is 0 Å². The Hall–Kier alpha value is -3.02. The Morgan fingerprint density at radius 2 is 1.92 bits per heavy atom. The third-order valence-electron chi connectivity index (χ3n) is 3.93. The number of methoxy groups -OCH3 is 1. The molecule has 130 valence electrons. The number of benzene rings is 2. The molecule has 0 bridgehead atoms. The van der Waals surface area contributed by atoms with Gasteiger partial charge in [-0.05, 0) is 37.1 Å². The van der Waals surface area contributed by atoms with Gasteiger partial charge in [-0.1, -0.05) is 24.3 Å². The standard InChI is InChI=1S/C19H21N3O3/c1-25-17-8-3-2-5-14(17)12-20-19(24)22-16-7-4-6-13(11-16)18(23)21-15-9-10-15/h2-8,11,15H,9-10,12H2,1H3,(H,21,23)(H2,20,22,24). The fourth-order valence-corrected chi connectivity index (χ4v) is 2.43. The van der Waals surface area contributed by atoms with Gasteiger partial charge in [0.05, 0.1) is 7.11 Å². The van der Waals surface area contributed by atoms with Crippen molar-refractivity contribution in [2.24, 2.45) is 0 Å². The third kappa shape index (κ3) is 4.73. The molecule has 6 heteroatoms. The van der Waals surface area contributed by atoms with E-state index in [1.165, 1.54) is 0 Å². The van der Waals surface area contributed by atoms with Crippen LogP contribution in [0.25, 0.3) is 0 Å². The van der Waals surface area contributed by atoms with Crippen LogP contribution in [-0.4, -0.2) is 25.1 Å². The second kappa shape index (κ2) is 7.70. The van der Waals surface area contributed by atoms with Gasteiger partial charge in [0, 0.05) is 29.4 Å². The van der Waals surface area contributed by atoms with E-state index >= 15 is 0 Å². The van der Waals surface area contributed by atoms with Crippen molar-refractivity contribution in [2.45, 2.75) is 25.4 Å². The SMILES string of the molecule is COc1ccccc1CNC(=O)Nc1cccc(C(=O)NC2CC2)c1. The zero-order chi connectivity index (χ0) is 17.6. The number of amides is 3. The molecule has 0 saturated heterocycles. The number of hydrogen-bond acceptors (Lipinski definition) is 3. The average molecular weight is 339 g/mol. The van der Waals surface area contributed by atoms with Crippen molar-refractivity contribution in [3.8, 4) is 5.75 Å². The molecule has 0 aromatic heterocycles. The molecule has 2 aromatic carbocycles. The Labute approximate surface area is 146 Å². The molecule has 0 atom stereocenters. The van der Waals surface area contributed by atoms with Crippen molar-refractivity contribution in [3.63, 3.8) is 0 Å². The highest BCUT2D eigenvalue weighted by Gasteiger charge is 2.23. The molecule has 0 unspecified atom stereocenters. The Kier molecular flexibility index (Phi) is 5.18. The number of nitrogens with one attached hydrogen (secondary N) is 3. The highest BCUT2D eigenvalue weighted by Crippen LogP contribution is 2.20. The van der Waals surface area contributed by atoms with Gasteiger partial charge in [-0.3, -0.25) is 4.79 Å². The van der Waals surface area contributed by atoms with Crippen molar-refractivity contribution in [1.82, 2.24) is 10.6 Å². The Balaban J connectivity index is 1.56. The van der Waals surface area contributed by atoms with E-state index in [9.17, 15) is 9.59 Å². The number of para-hydroxylation sites is 1. The third-order valence-corrected chi connectivity index (χ3v) is 3.93. The molecular weight excluding hydrogens is 318 g/mol. The van der Waals surface area contributed by atoms with Crippen molar-refractivity contribution in [1.29, 1.82) is 0 Å². The van der Waals surface area contributed by atoms with Gasteiger partial charge in [0.2, 0.25) is 0 Å². The molecule has 2 aromatic rings. The van der Waals surface area contributed by atoms with Crippen LogP contribution in [0.3, 0.4) is 0 Å². The molecule has 3 N–H and O–H groups in total. The monoisotopic (exact) mass is 339 g/mol. The first kappa shape index (κ1) is 16.8. The Morgan fingerprint density at radius 3 is 2.68 bits per heavy atom. The van der Waals surface area contributed by atoms with Gasteiger partial charge in [-0.2, -0.15) is 0 Å². The summed E-state index contributed by atoms with van der Waals surface area (Å²) in [5, 5.41) is 8.45. The number of carbonyl (C=O) groups excluding carboxylic acids is 2. The lowest BCUT2D eigenvalue weighted by molar-refractivity contribution is 0.0951. The molecule has 1 aliphatic carbocycles. The predicted octanol–water partition coefficient (Wildman–Crippen LogP) is 2.91. The zero-order valence-electron chi connectivity index (χ0n) is 14.0. The van der Waals surface area contributed by atoms with Gasteiger partial charge < -0.3 is 20.7 Å². The lowest BCUT2D eigenvalue weighted by atomic mass is 10.2. The van der Waals surface area contributed by atoms with Crippen LogP contribution >= 0.6 is 0 Å². The van der Waals surface area contributed by atoms with E-state index in [0.717, 1.165) is 24.2 Å². The van der Waals surface area contributed by atoms with E-state index in [0.29, 0.717) is 23.8 Å². The van der Waals surface area contributed by atoms with Crippen LogP contribution in [-0.2, 0) is 6.54 Å². The molecule has 25 heavy (non-hydrogen) atoms. The van der Waals surface area contributed by atoms with Crippen LogP contribution in [0, 0.1) is 0 Å². The second-order valence-corrected chi connectivity index (χ2v) is 5.95. The predicted molar refractivity (Wildman–Crippen MR) is 95.8 cm³/mol. The fraction of sp³-hybridized carbons (Fsp3) is 0.263. The van der Waals surface area contributed by atoms with Crippen LogP contribution in [0.15, 0.2) is 48.5 Å². The summed E-state index contributed by atoms with van der Waals surface area (Å²) >= 11 is 0. The highest BCUT2D eigenvalue weighted by atomic mass is 16.5. The minimum Gasteiger partial charge on any atom is -0.496 e. The maximum absolute atomic E-state index is 12.1. The summed E-state index contributed by atoms with van der Waals surface area (Å²) in [4.78, 5) is 24.2. The normalized spacial score (nSPS) is 13.0. The summed E-state index contributed by atoms with van der Waals surface area (Å²) in [5.74, 6) is 0.613.